The maximum absolute atomic E-state index is 13.0. The third-order valence-corrected chi connectivity index (χ3v) is 5.08. The summed E-state index contributed by atoms with van der Waals surface area (Å²) in [5, 5.41) is 11.3. The lowest BCUT2D eigenvalue weighted by Crippen LogP contribution is -2.45. The maximum atomic E-state index is 13.0. The van der Waals surface area contributed by atoms with Gasteiger partial charge in [-0.15, -0.1) is 0 Å². The van der Waals surface area contributed by atoms with Gasteiger partial charge in [0.1, 0.15) is 6.04 Å². The minimum Gasteiger partial charge on any atom is -0.369 e. The van der Waals surface area contributed by atoms with Crippen LogP contribution >= 0.6 is 0 Å². The lowest BCUT2D eigenvalue weighted by atomic mass is 10.1. The number of nitrogens with one attached hydrogen (secondary N) is 2. The fourth-order valence-electron chi connectivity index (χ4n) is 3.66. The van der Waals surface area contributed by atoms with Gasteiger partial charge >= 0.3 is 0 Å². The molecule has 136 valence electrons. The summed E-state index contributed by atoms with van der Waals surface area (Å²) in [6.07, 6.45) is 0.502. The van der Waals surface area contributed by atoms with Gasteiger partial charge in [0.15, 0.2) is 0 Å². The van der Waals surface area contributed by atoms with Crippen molar-refractivity contribution in [1.82, 2.24) is 20.4 Å². The first-order chi connectivity index (χ1) is 12.5. The van der Waals surface area contributed by atoms with Crippen molar-refractivity contribution in [3.63, 3.8) is 0 Å². The first kappa shape index (κ1) is 16.7. The Balaban J connectivity index is 1.80. The van der Waals surface area contributed by atoms with Gasteiger partial charge in [-0.3, -0.25) is 19.7 Å². The monoisotopic (exact) mass is 355 g/mol. The van der Waals surface area contributed by atoms with Gasteiger partial charge in [-0.25, -0.2) is 4.68 Å². The van der Waals surface area contributed by atoms with Crippen LogP contribution in [-0.4, -0.2) is 47.8 Å². The van der Waals surface area contributed by atoms with Crippen molar-refractivity contribution in [2.75, 3.05) is 31.1 Å². The van der Waals surface area contributed by atoms with Crippen LogP contribution in [0.3, 0.4) is 0 Å². The zero-order valence-corrected chi connectivity index (χ0v) is 14.6. The Hall–Kier alpha value is -2.74. The Morgan fingerprint density at radius 1 is 1.12 bits per heavy atom. The van der Waals surface area contributed by atoms with E-state index in [1.807, 2.05) is 25.1 Å². The summed E-state index contributed by atoms with van der Waals surface area (Å²) in [5.74, 6) is -0.773. The highest BCUT2D eigenvalue weighted by Gasteiger charge is 2.30. The molecule has 2 N–H and O–H groups in total. The highest BCUT2D eigenvalue weighted by Crippen LogP contribution is 2.23. The minimum atomic E-state index is -0.744. The molecule has 0 bridgehead atoms. The summed E-state index contributed by atoms with van der Waals surface area (Å²) in [4.78, 5) is 38.8. The normalized spacial score (nSPS) is 21.1. The van der Waals surface area contributed by atoms with Gasteiger partial charge in [0.2, 0.25) is 5.91 Å². The molecule has 2 aliphatic rings. The Labute approximate surface area is 150 Å². The fraction of sp³-hybridized carbons (Fsp3) is 0.444. The van der Waals surface area contributed by atoms with E-state index < -0.39 is 11.9 Å². The number of hydrogen-bond acceptors (Lipinski definition) is 6. The van der Waals surface area contributed by atoms with Crippen molar-refractivity contribution >= 4 is 28.3 Å². The number of carbonyl (C=O) groups excluding carboxylic acids is 2. The molecule has 2 saturated heterocycles. The number of aryl methyl sites for hydroxylation is 1. The molecule has 2 aromatic rings. The fourth-order valence-corrected chi connectivity index (χ4v) is 3.66. The molecule has 1 aromatic carbocycles. The molecular formula is C18H21N5O3. The van der Waals surface area contributed by atoms with Crippen LogP contribution < -0.4 is 21.1 Å². The number of imide groups is 1. The summed E-state index contributed by atoms with van der Waals surface area (Å²) >= 11 is 0. The zero-order chi connectivity index (χ0) is 18.3. The van der Waals surface area contributed by atoms with Crippen LogP contribution in [0.25, 0.3) is 10.8 Å². The van der Waals surface area contributed by atoms with E-state index in [-0.39, 0.29) is 17.9 Å². The molecule has 8 nitrogen and oxygen atoms in total. The number of anilines is 1. The lowest BCUT2D eigenvalue weighted by Gasteiger charge is -2.29. The molecule has 0 saturated carbocycles. The van der Waals surface area contributed by atoms with E-state index in [1.165, 1.54) is 4.68 Å². The number of amides is 2. The van der Waals surface area contributed by atoms with E-state index in [2.05, 4.69) is 20.6 Å². The smallest absolute Gasteiger partial charge is 0.275 e. The summed E-state index contributed by atoms with van der Waals surface area (Å²) in [6.45, 7) is 5.42. The molecule has 4 rings (SSSR count). The van der Waals surface area contributed by atoms with E-state index in [1.54, 1.807) is 0 Å². The van der Waals surface area contributed by atoms with Crippen molar-refractivity contribution in [3.05, 3.63) is 34.2 Å². The molecule has 1 atom stereocenters. The molecule has 2 amide bonds. The molecule has 8 heteroatoms. The van der Waals surface area contributed by atoms with E-state index >= 15 is 0 Å². The molecule has 26 heavy (non-hydrogen) atoms. The van der Waals surface area contributed by atoms with Crippen LogP contribution in [0.5, 0.6) is 0 Å². The zero-order valence-electron chi connectivity index (χ0n) is 14.6. The number of rotatable bonds is 2. The highest BCUT2D eigenvalue weighted by molar-refractivity contribution is 5.99. The van der Waals surface area contributed by atoms with Gasteiger partial charge < -0.3 is 10.2 Å². The van der Waals surface area contributed by atoms with Crippen LogP contribution in [0, 0.1) is 6.92 Å². The summed E-state index contributed by atoms with van der Waals surface area (Å²) in [7, 11) is 0. The number of piperidine rings is 1. The SMILES string of the molecule is Cc1nn(C2CCC(=O)NC2=O)c(=O)c2cc(N3CCNCC3)ccc12. The number of piperazine rings is 1. The minimum absolute atomic E-state index is 0.211. The van der Waals surface area contributed by atoms with Crippen LogP contribution in [-0.2, 0) is 9.59 Å². The van der Waals surface area contributed by atoms with Gasteiger partial charge in [0.05, 0.1) is 11.1 Å². The third kappa shape index (κ3) is 2.86. The van der Waals surface area contributed by atoms with Gasteiger partial charge in [-0.1, -0.05) is 6.07 Å². The quantitative estimate of drug-likeness (QED) is 0.742. The van der Waals surface area contributed by atoms with Crippen LogP contribution in [0.15, 0.2) is 23.0 Å². The molecule has 1 aromatic heterocycles. The van der Waals surface area contributed by atoms with Crippen molar-refractivity contribution < 1.29 is 9.59 Å². The second kappa shape index (κ2) is 6.53. The van der Waals surface area contributed by atoms with Gasteiger partial charge in [0.25, 0.3) is 11.5 Å². The number of fused-ring (bicyclic) bond motifs is 1. The van der Waals surface area contributed by atoms with E-state index in [4.69, 9.17) is 0 Å². The second-order valence-electron chi connectivity index (χ2n) is 6.77. The average molecular weight is 355 g/mol. The highest BCUT2D eigenvalue weighted by atomic mass is 16.2. The van der Waals surface area contributed by atoms with Crippen molar-refractivity contribution in [2.24, 2.45) is 0 Å². The van der Waals surface area contributed by atoms with E-state index in [0.717, 1.165) is 37.3 Å². The standard InChI is InChI=1S/C18H21N5O3/c1-11-13-3-2-12(22-8-6-19-7-9-22)10-14(13)18(26)23(21-11)15-4-5-16(24)20-17(15)25/h2-3,10,15,19H,4-9H2,1H3,(H,20,24,25). The Morgan fingerprint density at radius 2 is 1.88 bits per heavy atom. The predicted octanol–water partition coefficient (Wildman–Crippen LogP) is 0.0922. The first-order valence-corrected chi connectivity index (χ1v) is 8.87. The molecular weight excluding hydrogens is 334 g/mol. The number of carbonyl (C=O) groups is 2. The maximum Gasteiger partial charge on any atom is 0.275 e. The Bertz CT molecular complexity index is 946. The average Bonchev–Trinajstić information content (AvgIpc) is 2.65. The molecule has 0 radical (unpaired) electrons. The molecule has 2 aliphatic heterocycles. The van der Waals surface area contributed by atoms with E-state index in [9.17, 15) is 14.4 Å². The third-order valence-electron chi connectivity index (χ3n) is 5.08. The number of aromatic nitrogens is 2. The van der Waals surface area contributed by atoms with Gasteiger partial charge in [-0.2, -0.15) is 5.10 Å². The topological polar surface area (TPSA) is 96.3 Å². The first-order valence-electron chi connectivity index (χ1n) is 8.87. The molecule has 2 fully saturated rings. The summed E-state index contributed by atoms with van der Waals surface area (Å²) in [6, 6.07) is 5.08. The van der Waals surface area contributed by atoms with Crippen LogP contribution in [0.4, 0.5) is 5.69 Å². The predicted molar refractivity (Wildman–Crippen MR) is 97.2 cm³/mol. The molecule has 0 aliphatic carbocycles. The van der Waals surface area contributed by atoms with Gasteiger partial charge in [0, 0.05) is 43.7 Å². The Morgan fingerprint density at radius 3 is 2.62 bits per heavy atom. The number of hydrogen-bond donors (Lipinski definition) is 2. The van der Waals surface area contributed by atoms with E-state index in [0.29, 0.717) is 17.5 Å². The number of nitrogens with zero attached hydrogens (tertiary/aromatic N) is 3. The largest absolute Gasteiger partial charge is 0.369 e. The van der Waals surface area contributed by atoms with Gasteiger partial charge in [-0.05, 0) is 25.5 Å². The lowest BCUT2D eigenvalue weighted by molar-refractivity contribution is -0.136. The summed E-state index contributed by atoms with van der Waals surface area (Å²) in [5.41, 5.74) is 1.39. The molecule has 3 heterocycles. The molecule has 1 unspecified atom stereocenters. The van der Waals surface area contributed by atoms with Crippen molar-refractivity contribution in [1.29, 1.82) is 0 Å². The van der Waals surface area contributed by atoms with Crippen molar-refractivity contribution in [3.8, 4) is 0 Å². The summed E-state index contributed by atoms with van der Waals surface area (Å²) < 4.78 is 1.24. The van der Waals surface area contributed by atoms with Crippen LogP contribution in [0.1, 0.15) is 24.6 Å². The van der Waals surface area contributed by atoms with Crippen LogP contribution in [0.2, 0.25) is 0 Å². The number of benzene rings is 1. The van der Waals surface area contributed by atoms with Crippen molar-refractivity contribution in [2.45, 2.75) is 25.8 Å². The second-order valence-corrected chi connectivity index (χ2v) is 6.77. The molecule has 0 spiro atoms. The Kier molecular flexibility index (Phi) is 4.20.